The number of ether oxygens (including phenoxy) is 1. The maximum Gasteiger partial charge on any atom is 0.325 e. The Hall–Kier alpha value is -6.21. The number of rotatable bonds is 38. The number of likely N-dealkylation sites (N-methyl/N-ethyl adjacent to an activating group) is 6. The van der Waals surface area contributed by atoms with Gasteiger partial charge in [0.25, 0.3) is 0 Å². The van der Waals surface area contributed by atoms with Gasteiger partial charge in [-0.3, -0.25) is 52.7 Å². The molecule has 0 unspecified atom stereocenters. The molecule has 8 N–H and O–H groups in total. The van der Waals surface area contributed by atoms with Crippen LogP contribution in [-0.4, -0.2) is 228 Å². The SMILES string of the molecule is C/C=C/C[C@@H](C)[C@@H](O)[C@@H](C(=O)N[C@H](C(=O)N(C)CC(=O)OC)[C@@H](C)O)N(C)C(=O)[C@H](C(C)C)N(C)C(=O)[C@H](CC(C)C)NC(=O)[C@H](CC(C)C)N(C)C(=O)[C@@H](C)NC(=O)[C@H](C)NC(=O)[C@H](CC(C)C)N(C)C(=O)[C@H](CC(C)C)NC(=O)[C@H](CC(C)C)NC. The van der Waals surface area contributed by atoms with E-state index in [0.717, 1.165) is 16.9 Å². The van der Waals surface area contributed by atoms with Crippen molar-refractivity contribution < 1.29 is 67.7 Å². The second-order valence-corrected chi connectivity index (χ2v) is 26.3. The van der Waals surface area contributed by atoms with Crippen LogP contribution in [-0.2, 0) is 57.5 Å². The smallest absolute Gasteiger partial charge is 0.325 e. The van der Waals surface area contributed by atoms with Crippen LogP contribution in [0.2, 0.25) is 0 Å². The van der Waals surface area contributed by atoms with Gasteiger partial charge < -0.3 is 71.4 Å². The molecular formula is C63H115N11O14. The molecular weight excluding hydrogens is 1130 g/mol. The molecule has 0 saturated heterocycles. The van der Waals surface area contributed by atoms with E-state index < -0.39 is 150 Å². The Morgan fingerprint density at radius 2 is 0.864 bits per heavy atom. The van der Waals surface area contributed by atoms with Crippen molar-refractivity contribution in [2.24, 2.45) is 41.4 Å². The summed E-state index contributed by atoms with van der Waals surface area (Å²) in [5.41, 5.74) is 0. The number of methoxy groups -OCH3 is 1. The number of hydrogen-bond acceptors (Lipinski definition) is 15. The van der Waals surface area contributed by atoms with Crippen LogP contribution in [0.1, 0.15) is 156 Å². The first-order valence-corrected chi connectivity index (χ1v) is 31.2. The quantitative estimate of drug-likeness (QED) is 0.0325. The monoisotopic (exact) mass is 1250 g/mol. The van der Waals surface area contributed by atoms with Gasteiger partial charge in [0.2, 0.25) is 59.1 Å². The Bertz CT molecular complexity index is 2330. The van der Waals surface area contributed by atoms with Crippen molar-refractivity contribution in [3.63, 3.8) is 0 Å². The molecule has 88 heavy (non-hydrogen) atoms. The van der Waals surface area contributed by atoms with E-state index in [1.807, 2.05) is 69.2 Å². The van der Waals surface area contributed by atoms with E-state index in [0.29, 0.717) is 12.8 Å². The molecule has 0 saturated carbocycles. The zero-order valence-corrected chi connectivity index (χ0v) is 57.6. The molecule has 0 aromatic heterocycles. The summed E-state index contributed by atoms with van der Waals surface area (Å²) in [4.78, 5) is 160. The Kier molecular flexibility index (Phi) is 36.3. The molecule has 0 aliphatic rings. The average Bonchev–Trinajstić information content (AvgIpc) is 3.65. The van der Waals surface area contributed by atoms with Gasteiger partial charge in [0.15, 0.2) is 0 Å². The highest BCUT2D eigenvalue weighted by Gasteiger charge is 2.45. The Labute approximate surface area is 525 Å². The Morgan fingerprint density at radius 3 is 1.28 bits per heavy atom. The Balaban J connectivity index is 6.92. The topological polar surface area (TPSA) is 326 Å². The van der Waals surface area contributed by atoms with E-state index in [9.17, 15) is 63.0 Å². The van der Waals surface area contributed by atoms with Gasteiger partial charge in [-0.2, -0.15) is 0 Å². The summed E-state index contributed by atoms with van der Waals surface area (Å²) in [5.74, 6) is -9.08. The Morgan fingerprint density at radius 1 is 0.455 bits per heavy atom. The minimum atomic E-state index is -1.68. The molecule has 0 rings (SSSR count). The van der Waals surface area contributed by atoms with E-state index in [-0.39, 0.29) is 61.2 Å². The molecule has 0 fully saturated rings. The second-order valence-electron chi connectivity index (χ2n) is 26.3. The standard InChI is InChI=1S/C63H115N11O14/c1-25-26-27-40(14)53(77)52(58(82)69-50(43(17)75)62(86)70(19)33-49(76)88-24)74(23)63(87)51(39(12)13)73(22)61(85)46(30-36(6)7)68-57(81)48(32-38(10)11)71(20)59(83)42(16)66-54(78)41(15)65-56(80)47(31-37(8)9)72(21)60(84)45(29-35(4)5)67-55(79)44(64-18)28-34(2)3/h25-26,34-48,50-53,64,75,77H,27-33H2,1-24H3,(H,65,80)(H,66,78)(H,67,79)(H,68,81)(H,69,82)/b26-25+/t40-,41+,42-,43-,44+,45+,46+,47+,48+,50+,51+,52+,53-/m1/s1. The number of aliphatic hydroxyl groups is 2. The molecule has 0 spiro atoms. The lowest BCUT2D eigenvalue weighted by Crippen LogP contribution is -2.64. The summed E-state index contributed by atoms with van der Waals surface area (Å²) < 4.78 is 4.66. The summed E-state index contributed by atoms with van der Waals surface area (Å²) in [7, 11) is 9.65. The molecule has 10 amide bonds. The summed E-state index contributed by atoms with van der Waals surface area (Å²) in [5, 5.41) is 39.2. The predicted molar refractivity (Wildman–Crippen MR) is 338 cm³/mol. The second kappa shape index (κ2) is 39.0. The molecule has 0 aliphatic heterocycles. The third kappa shape index (κ3) is 26.1. The highest BCUT2D eigenvalue weighted by atomic mass is 16.5. The molecule has 0 bridgehead atoms. The van der Waals surface area contributed by atoms with Gasteiger partial charge in [-0.1, -0.05) is 102 Å². The van der Waals surface area contributed by atoms with E-state index in [1.165, 1.54) is 70.7 Å². The normalized spacial score (nSPS) is 16.2. The lowest BCUT2D eigenvalue weighted by atomic mass is 9.91. The summed E-state index contributed by atoms with van der Waals surface area (Å²) in [6, 6.07) is -12.0. The third-order valence-corrected chi connectivity index (χ3v) is 15.5. The van der Waals surface area contributed by atoms with Crippen LogP contribution >= 0.6 is 0 Å². The van der Waals surface area contributed by atoms with Crippen LogP contribution in [0.25, 0.3) is 0 Å². The number of carbonyl (C=O) groups excluding carboxylic acids is 11. The van der Waals surface area contributed by atoms with Crippen LogP contribution in [0.5, 0.6) is 0 Å². The van der Waals surface area contributed by atoms with E-state index >= 15 is 0 Å². The minimum absolute atomic E-state index is 0.0141. The van der Waals surface area contributed by atoms with Crippen molar-refractivity contribution in [1.29, 1.82) is 0 Å². The lowest BCUT2D eigenvalue weighted by molar-refractivity contribution is -0.155. The number of hydrogen-bond donors (Lipinski definition) is 8. The van der Waals surface area contributed by atoms with Crippen molar-refractivity contribution in [2.75, 3.05) is 55.9 Å². The number of nitrogens with zero attached hydrogens (tertiary/aromatic N) is 5. The molecule has 0 aliphatic carbocycles. The summed E-state index contributed by atoms with van der Waals surface area (Å²) in [6.45, 7) is 29.4. The molecule has 13 atom stereocenters. The molecule has 0 aromatic rings. The van der Waals surface area contributed by atoms with E-state index in [2.05, 4.69) is 36.6 Å². The number of amides is 10. The van der Waals surface area contributed by atoms with Gasteiger partial charge in [-0.05, 0) is 115 Å². The maximum absolute atomic E-state index is 14.9. The maximum atomic E-state index is 14.9. The van der Waals surface area contributed by atoms with Crippen molar-refractivity contribution in [1.82, 2.24) is 56.4 Å². The zero-order chi connectivity index (χ0) is 68.5. The first kappa shape index (κ1) is 81.8. The number of allylic oxidation sites excluding steroid dienone is 2. The van der Waals surface area contributed by atoms with Crippen molar-refractivity contribution in [3.8, 4) is 0 Å². The number of aliphatic hydroxyl groups excluding tert-OH is 2. The van der Waals surface area contributed by atoms with Gasteiger partial charge in [0.05, 0.1) is 25.4 Å². The van der Waals surface area contributed by atoms with Crippen LogP contribution in [0, 0.1) is 41.4 Å². The lowest BCUT2D eigenvalue weighted by Gasteiger charge is -2.40. The highest BCUT2D eigenvalue weighted by molar-refractivity contribution is 5.99. The molecule has 25 heteroatoms. The number of carbonyl (C=O) groups is 11. The van der Waals surface area contributed by atoms with E-state index in [1.54, 1.807) is 46.9 Å². The first-order chi connectivity index (χ1) is 40.6. The average molecular weight is 1250 g/mol. The third-order valence-electron chi connectivity index (χ3n) is 15.5. The van der Waals surface area contributed by atoms with Gasteiger partial charge in [-0.15, -0.1) is 0 Å². The van der Waals surface area contributed by atoms with Crippen LogP contribution in [0.4, 0.5) is 0 Å². The molecule has 506 valence electrons. The molecule has 0 heterocycles. The molecule has 0 radical (unpaired) electrons. The van der Waals surface area contributed by atoms with Crippen molar-refractivity contribution in [2.45, 2.75) is 229 Å². The van der Waals surface area contributed by atoms with Gasteiger partial charge in [0, 0.05) is 35.2 Å². The summed E-state index contributed by atoms with van der Waals surface area (Å²) >= 11 is 0. The number of nitrogens with one attached hydrogen (secondary N) is 6. The van der Waals surface area contributed by atoms with Gasteiger partial charge >= 0.3 is 5.97 Å². The van der Waals surface area contributed by atoms with Crippen LogP contribution in [0.15, 0.2) is 12.2 Å². The minimum Gasteiger partial charge on any atom is -0.468 e. The van der Waals surface area contributed by atoms with Gasteiger partial charge in [0.1, 0.15) is 60.9 Å². The zero-order valence-electron chi connectivity index (χ0n) is 57.6. The fourth-order valence-electron chi connectivity index (χ4n) is 10.4. The molecule has 25 nitrogen and oxygen atoms in total. The predicted octanol–water partition coefficient (Wildman–Crippen LogP) is 2.21. The largest absolute Gasteiger partial charge is 0.468 e. The van der Waals surface area contributed by atoms with Crippen molar-refractivity contribution >= 4 is 65.0 Å². The van der Waals surface area contributed by atoms with Gasteiger partial charge in [-0.25, -0.2) is 0 Å². The van der Waals surface area contributed by atoms with Crippen LogP contribution < -0.4 is 31.9 Å². The van der Waals surface area contributed by atoms with E-state index in [4.69, 9.17) is 0 Å². The fraction of sp³-hybridized carbons (Fsp3) is 0.794. The fourth-order valence-corrected chi connectivity index (χ4v) is 10.4. The van der Waals surface area contributed by atoms with Crippen LogP contribution in [0.3, 0.4) is 0 Å². The summed E-state index contributed by atoms with van der Waals surface area (Å²) in [6.07, 6.45) is 2.04. The molecule has 0 aromatic carbocycles. The highest BCUT2D eigenvalue weighted by Crippen LogP contribution is 2.24. The van der Waals surface area contributed by atoms with Crippen molar-refractivity contribution in [3.05, 3.63) is 12.2 Å². The first-order valence-electron chi connectivity index (χ1n) is 31.2. The number of esters is 1.